The minimum absolute atomic E-state index is 0.428. The van der Waals surface area contributed by atoms with Gasteiger partial charge >= 0.3 is 0 Å². The number of hydrogen-bond donors (Lipinski definition) is 2. The van der Waals surface area contributed by atoms with E-state index < -0.39 is 11.7 Å². The summed E-state index contributed by atoms with van der Waals surface area (Å²) in [6, 6.07) is 23.6. The third-order valence-corrected chi connectivity index (χ3v) is 3.79. The zero-order valence-corrected chi connectivity index (χ0v) is 12.0. The van der Waals surface area contributed by atoms with Crippen molar-refractivity contribution in [2.24, 2.45) is 0 Å². The zero-order valence-electron chi connectivity index (χ0n) is 12.0. The predicted molar refractivity (Wildman–Crippen MR) is 85.1 cm³/mol. The second-order valence-corrected chi connectivity index (χ2v) is 5.16. The Hall–Kier alpha value is -2.49. The smallest absolute Gasteiger partial charge is 0.146 e. The highest BCUT2D eigenvalue weighted by molar-refractivity contribution is 5.39. The van der Waals surface area contributed by atoms with Crippen molar-refractivity contribution in [2.45, 2.75) is 11.7 Å². The minimum Gasteiger partial charge on any atom is -0.383 e. The van der Waals surface area contributed by atoms with Gasteiger partial charge in [-0.25, -0.2) is 0 Å². The highest BCUT2D eigenvalue weighted by atomic mass is 16.3. The number of pyridine rings is 1. The van der Waals surface area contributed by atoms with Crippen LogP contribution in [0, 0.1) is 0 Å². The molecule has 1 aromatic heterocycles. The molecule has 0 amide bonds. The summed E-state index contributed by atoms with van der Waals surface area (Å²) in [7, 11) is 0. The first kappa shape index (κ1) is 14.4. The average molecular weight is 291 g/mol. The molecule has 0 saturated heterocycles. The van der Waals surface area contributed by atoms with Crippen molar-refractivity contribution in [1.82, 2.24) is 4.98 Å². The van der Waals surface area contributed by atoms with Crippen molar-refractivity contribution in [2.75, 3.05) is 0 Å². The molecule has 3 aromatic rings. The molecular weight excluding hydrogens is 274 g/mol. The van der Waals surface area contributed by atoms with Gasteiger partial charge in [-0.05, 0) is 23.3 Å². The molecule has 1 heterocycles. The van der Waals surface area contributed by atoms with Crippen LogP contribution < -0.4 is 0 Å². The Morgan fingerprint density at radius 2 is 1.23 bits per heavy atom. The third-order valence-electron chi connectivity index (χ3n) is 3.79. The molecule has 22 heavy (non-hydrogen) atoms. The van der Waals surface area contributed by atoms with Crippen LogP contribution in [0.5, 0.6) is 0 Å². The summed E-state index contributed by atoms with van der Waals surface area (Å²) < 4.78 is 0. The van der Waals surface area contributed by atoms with Crippen LogP contribution in [-0.2, 0) is 5.60 Å². The molecule has 0 radical (unpaired) electrons. The molecule has 2 N–H and O–H groups in total. The summed E-state index contributed by atoms with van der Waals surface area (Å²) in [5, 5.41) is 22.2. The molecule has 2 aromatic carbocycles. The fourth-order valence-corrected chi connectivity index (χ4v) is 2.62. The van der Waals surface area contributed by atoms with Gasteiger partial charge in [0.15, 0.2) is 0 Å². The first-order chi connectivity index (χ1) is 10.7. The molecule has 110 valence electrons. The van der Waals surface area contributed by atoms with Gasteiger partial charge in [0.05, 0.1) is 5.69 Å². The van der Waals surface area contributed by atoms with E-state index in [-0.39, 0.29) is 0 Å². The highest BCUT2D eigenvalue weighted by Gasteiger charge is 2.40. The summed E-state index contributed by atoms with van der Waals surface area (Å²) in [6.45, 7) is 0. The van der Waals surface area contributed by atoms with Gasteiger partial charge in [-0.1, -0.05) is 66.7 Å². The van der Waals surface area contributed by atoms with E-state index in [0.717, 1.165) is 0 Å². The van der Waals surface area contributed by atoms with Crippen LogP contribution in [0.25, 0.3) is 0 Å². The predicted octanol–water partition coefficient (Wildman–Crippen LogP) is 3.05. The van der Waals surface area contributed by atoms with Crippen molar-refractivity contribution in [3.63, 3.8) is 0 Å². The number of rotatable bonds is 4. The lowest BCUT2D eigenvalue weighted by Gasteiger charge is -2.33. The van der Waals surface area contributed by atoms with Crippen molar-refractivity contribution in [1.29, 1.82) is 0 Å². The van der Waals surface area contributed by atoms with Gasteiger partial charge in [0, 0.05) is 6.20 Å². The summed E-state index contributed by atoms with van der Waals surface area (Å²) >= 11 is 0. The molecule has 0 saturated carbocycles. The van der Waals surface area contributed by atoms with E-state index >= 15 is 0 Å². The molecular formula is C19H17NO2. The number of nitrogens with zero attached hydrogens (tertiary/aromatic N) is 1. The van der Waals surface area contributed by atoms with E-state index in [0.29, 0.717) is 16.8 Å². The molecule has 0 aliphatic heterocycles. The summed E-state index contributed by atoms with van der Waals surface area (Å²) in [5.74, 6) is 0. The maximum atomic E-state index is 11.4. The lowest BCUT2D eigenvalue weighted by Crippen LogP contribution is -2.35. The Kier molecular flexibility index (Phi) is 4.00. The summed E-state index contributed by atoms with van der Waals surface area (Å²) in [4.78, 5) is 4.19. The number of benzene rings is 2. The SMILES string of the molecule is OC(c1ccccn1)C(O)(c1ccccc1)c1ccccc1. The van der Waals surface area contributed by atoms with Crippen LogP contribution in [0.4, 0.5) is 0 Å². The largest absolute Gasteiger partial charge is 0.383 e. The Balaban J connectivity index is 2.16. The Morgan fingerprint density at radius 1 is 0.727 bits per heavy atom. The highest BCUT2D eigenvalue weighted by Crippen LogP contribution is 2.40. The van der Waals surface area contributed by atoms with Gasteiger partial charge in [0.1, 0.15) is 11.7 Å². The standard InChI is InChI=1S/C19H17NO2/c21-18(17-13-7-8-14-20-17)19(22,15-9-3-1-4-10-15)16-11-5-2-6-12-16/h1-14,18,21-22H. The number of hydrogen-bond acceptors (Lipinski definition) is 3. The fourth-order valence-electron chi connectivity index (χ4n) is 2.62. The first-order valence-corrected chi connectivity index (χ1v) is 7.15. The van der Waals surface area contributed by atoms with Crippen molar-refractivity contribution in [3.05, 3.63) is 102 Å². The van der Waals surface area contributed by atoms with Gasteiger partial charge < -0.3 is 10.2 Å². The van der Waals surface area contributed by atoms with E-state index in [1.54, 1.807) is 48.7 Å². The summed E-state index contributed by atoms with van der Waals surface area (Å²) in [6.07, 6.45) is 0.438. The van der Waals surface area contributed by atoms with Gasteiger partial charge in [0.2, 0.25) is 0 Å². The van der Waals surface area contributed by atoms with Crippen LogP contribution in [0.15, 0.2) is 85.1 Å². The second kappa shape index (κ2) is 6.10. The van der Waals surface area contributed by atoms with E-state index in [4.69, 9.17) is 0 Å². The van der Waals surface area contributed by atoms with Crippen LogP contribution in [0.2, 0.25) is 0 Å². The average Bonchev–Trinajstić information content (AvgIpc) is 2.62. The lowest BCUT2D eigenvalue weighted by atomic mass is 9.80. The molecule has 0 aliphatic carbocycles. The Morgan fingerprint density at radius 3 is 1.68 bits per heavy atom. The van der Waals surface area contributed by atoms with Crippen LogP contribution >= 0.6 is 0 Å². The van der Waals surface area contributed by atoms with Crippen LogP contribution in [0.1, 0.15) is 22.9 Å². The van der Waals surface area contributed by atoms with Crippen molar-refractivity contribution < 1.29 is 10.2 Å². The molecule has 1 atom stereocenters. The maximum Gasteiger partial charge on any atom is 0.146 e. The molecule has 1 unspecified atom stereocenters. The summed E-state index contributed by atoms with van der Waals surface area (Å²) in [5.41, 5.74) is 0.119. The molecule has 0 bridgehead atoms. The first-order valence-electron chi connectivity index (χ1n) is 7.15. The van der Waals surface area contributed by atoms with Crippen molar-refractivity contribution >= 4 is 0 Å². The van der Waals surface area contributed by atoms with E-state index in [1.165, 1.54) is 0 Å². The van der Waals surface area contributed by atoms with E-state index in [1.807, 2.05) is 36.4 Å². The third kappa shape index (κ3) is 2.52. The maximum absolute atomic E-state index is 11.4. The molecule has 3 heteroatoms. The van der Waals surface area contributed by atoms with Gasteiger partial charge in [0.25, 0.3) is 0 Å². The van der Waals surface area contributed by atoms with Gasteiger partial charge in [-0.3, -0.25) is 4.98 Å². The molecule has 3 nitrogen and oxygen atoms in total. The molecule has 0 fully saturated rings. The minimum atomic E-state index is -1.56. The quantitative estimate of drug-likeness (QED) is 0.777. The Labute approximate surface area is 129 Å². The van der Waals surface area contributed by atoms with Gasteiger partial charge in [-0.2, -0.15) is 0 Å². The molecule has 0 aliphatic rings. The normalized spacial score (nSPS) is 12.8. The fraction of sp³-hybridized carbons (Fsp3) is 0.105. The second-order valence-electron chi connectivity index (χ2n) is 5.16. The monoisotopic (exact) mass is 291 g/mol. The number of aromatic nitrogens is 1. The van der Waals surface area contributed by atoms with E-state index in [2.05, 4.69) is 4.98 Å². The molecule has 3 rings (SSSR count). The number of aliphatic hydroxyl groups is 2. The van der Waals surface area contributed by atoms with Crippen LogP contribution in [0.3, 0.4) is 0 Å². The van der Waals surface area contributed by atoms with Gasteiger partial charge in [-0.15, -0.1) is 0 Å². The van der Waals surface area contributed by atoms with E-state index in [9.17, 15) is 10.2 Å². The lowest BCUT2D eigenvalue weighted by molar-refractivity contribution is -0.0538. The Bertz CT molecular complexity index is 675. The number of aliphatic hydroxyl groups excluding tert-OH is 1. The van der Waals surface area contributed by atoms with Crippen LogP contribution in [-0.4, -0.2) is 15.2 Å². The topological polar surface area (TPSA) is 53.4 Å². The molecule has 0 spiro atoms. The van der Waals surface area contributed by atoms with Crippen molar-refractivity contribution in [3.8, 4) is 0 Å². The zero-order chi connectivity index (χ0) is 15.4.